The highest BCUT2D eigenvalue weighted by molar-refractivity contribution is 5.79. The molecule has 0 radical (unpaired) electrons. The number of hydrogen-bond donors (Lipinski definition) is 2. The zero-order valence-corrected chi connectivity index (χ0v) is 8.12. The number of carbonyl (C=O) groups is 1. The summed E-state index contributed by atoms with van der Waals surface area (Å²) in [5.74, 6) is -0.911. The van der Waals surface area contributed by atoms with E-state index in [-0.39, 0.29) is 0 Å². The highest BCUT2D eigenvalue weighted by atomic mass is 16.5. The van der Waals surface area contributed by atoms with Crippen LogP contribution in [0.3, 0.4) is 0 Å². The molecular formula is C9H17NO3. The molecule has 0 saturated heterocycles. The van der Waals surface area contributed by atoms with Gasteiger partial charge in [-0.15, -0.1) is 0 Å². The molecule has 0 heterocycles. The number of nitrogens with one attached hydrogen (secondary N) is 1. The van der Waals surface area contributed by atoms with E-state index in [1.165, 1.54) is 0 Å². The Bertz CT molecular complexity index is 168. The van der Waals surface area contributed by atoms with Crippen LogP contribution in [0.2, 0.25) is 0 Å². The van der Waals surface area contributed by atoms with Crippen molar-refractivity contribution in [3.8, 4) is 0 Å². The first-order valence-corrected chi connectivity index (χ1v) is 4.28. The smallest absolute Gasteiger partial charge is 0.328 e. The Balaban J connectivity index is 3.36. The minimum absolute atomic E-state index is 0.346. The summed E-state index contributed by atoms with van der Waals surface area (Å²) >= 11 is 0. The monoisotopic (exact) mass is 187 g/mol. The zero-order valence-electron chi connectivity index (χ0n) is 8.12. The molecule has 0 rings (SSSR count). The third-order valence-electron chi connectivity index (χ3n) is 1.60. The molecule has 13 heavy (non-hydrogen) atoms. The van der Waals surface area contributed by atoms with E-state index in [4.69, 9.17) is 9.84 Å². The summed E-state index contributed by atoms with van der Waals surface area (Å²) in [6.45, 7) is 3.33. The topological polar surface area (TPSA) is 58.6 Å². The first kappa shape index (κ1) is 12.1. The van der Waals surface area contributed by atoms with Crippen LogP contribution in [0.4, 0.5) is 0 Å². The van der Waals surface area contributed by atoms with Gasteiger partial charge >= 0.3 is 5.97 Å². The molecule has 0 aliphatic carbocycles. The number of hydrogen-bond acceptors (Lipinski definition) is 3. The van der Waals surface area contributed by atoms with Gasteiger partial charge in [0, 0.05) is 32.4 Å². The second-order valence-corrected chi connectivity index (χ2v) is 2.83. The molecule has 4 nitrogen and oxygen atoms in total. The number of rotatable bonds is 7. The fraction of sp³-hybridized carbons (Fsp3) is 0.667. The summed E-state index contributed by atoms with van der Waals surface area (Å²) in [7, 11) is 1.66. The van der Waals surface area contributed by atoms with Gasteiger partial charge in [0.1, 0.15) is 0 Å². The number of aliphatic carboxylic acids is 1. The number of ether oxygens (including phenoxy) is 1. The van der Waals surface area contributed by atoms with Crippen LogP contribution in [0, 0.1) is 0 Å². The molecule has 0 bridgehead atoms. The summed E-state index contributed by atoms with van der Waals surface area (Å²) in [6.07, 6.45) is 3.65. The maximum Gasteiger partial charge on any atom is 0.328 e. The van der Waals surface area contributed by atoms with Gasteiger partial charge in [0.15, 0.2) is 0 Å². The van der Waals surface area contributed by atoms with E-state index in [2.05, 4.69) is 5.32 Å². The molecule has 0 amide bonds. The fourth-order valence-corrected chi connectivity index (χ4v) is 0.826. The van der Waals surface area contributed by atoms with Crippen molar-refractivity contribution in [1.82, 2.24) is 5.32 Å². The lowest BCUT2D eigenvalue weighted by atomic mass is 10.2. The average Bonchev–Trinajstić information content (AvgIpc) is 2.08. The van der Waals surface area contributed by atoms with E-state index in [9.17, 15) is 4.79 Å². The second-order valence-electron chi connectivity index (χ2n) is 2.83. The molecule has 1 atom stereocenters. The lowest BCUT2D eigenvalue weighted by molar-refractivity contribution is -0.131. The summed E-state index contributed by atoms with van der Waals surface area (Å²) in [6, 6.07) is 0.346. The van der Waals surface area contributed by atoms with Crippen LogP contribution in [0.1, 0.15) is 13.3 Å². The van der Waals surface area contributed by atoms with Crippen LogP contribution in [0.5, 0.6) is 0 Å². The molecule has 0 fully saturated rings. The van der Waals surface area contributed by atoms with Crippen molar-refractivity contribution in [2.75, 3.05) is 20.3 Å². The molecule has 4 heteroatoms. The molecule has 0 aromatic rings. The third kappa shape index (κ3) is 9.04. The van der Waals surface area contributed by atoms with Gasteiger partial charge in [-0.05, 0) is 13.3 Å². The fourth-order valence-electron chi connectivity index (χ4n) is 0.826. The zero-order chi connectivity index (χ0) is 10.1. The molecule has 2 N–H and O–H groups in total. The van der Waals surface area contributed by atoms with Crippen LogP contribution in [-0.4, -0.2) is 37.4 Å². The molecule has 0 saturated carbocycles. The standard InChI is InChI=1S/C9H17NO3/c1-8(5-7-13-2)10-6-3-4-9(11)12/h3-4,8,10H,5-7H2,1-2H3,(H,11,12)/b4-3+. The minimum Gasteiger partial charge on any atom is -0.478 e. The van der Waals surface area contributed by atoms with E-state index in [1.54, 1.807) is 13.2 Å². The third-order valence-corrected chi connectivity index (χ3v) is 1.60. The molecule has 0 aliphatic heterocycles. The highest BCUT2D eigenvalue weighted by Gasteiger charge is 1.97. The molecule has 76 valence electrons. The maximum absolute atomic E-state index is 10.1. The average molecular weight is 187 g/mol. The van der Waals surface area contributed by atoms with Crippen LogP contribution in [0.25, 0.3) is 0 Å². The first-order chi connectivity index (χ1) is 6.16. The predicted octanol–water partition coefficient (Wildman–Crippen LogP) is 0.642. The lowest BCUT2D eigenvalue weighted by Gasteiger charge is -2.10. The molecule has 0 aromatic carbocycles. The van der Waals surface area contributed by atoms with Crippen molar-refractivity contribution in [3.05, 3.63) is 12.2 Å². The minimum atomic E-state index is -0.911. The Morgan fingerprint density at radius 1 is 1.69 bits per heavy atom. The summed E-state index contributed by atoms with van der Waals surface area (Å²) in [5.41, 5.74) is 0. The van der Waals surface area contributed by atoms with Gasteiger partial charge in [-0.25, -0.2) is 4.79 Å². The molecule has 0 spiro atoms. The van der Waals surface area contributed by atoms with Crippen molar-refractivity contribution in [3.63, 3.8) is 0 Å². The van der Waals surface area contributed by atoms with Crippen LogP contribution < -0.4 is 5.32 Å². The van der Waals surface area contributed by atoms with Gasteiger partial charge in [0.2, 0.25) is 0 Å². The van der Waals surface area contributed by atoms with Crippen molar-refractivity contribution in [1.29, 1.82) is 0 Å². The Labute approximate surface area is 78.6 Å². The quantitative estimate of drug-likeness (QED) is 0.574. The van der Waals surface area contributed by atoms with Gasteiger partial charge in [0.25, 0.3) is 0 Å². The van der Waals surface area contributed by atoms with Crippen LogP contribution >= 0.6 is 0 Å². The van der Waals surface area contributed by atoms with Gasteiger partial charge in [-0.2, -0.15) is 0 Å². The molecule has 0 aliphatic rings. The summed E-state index contributed by atoms with van der Waals surface area (Å²) in [4.78, 5) is 10.1. The Morgan fingerprint density at radius 2 is 2.38 bits per heavy atom. The Hall–Kier alpha value is -0.870. The van der Waals surface area contributed by atoms with Gasteiger partial charge < -0.3 is 15.2 Å². The van der Waals surface area contributed by atoms with Gasteiger partial charge in [-0.3, -0.25) is 0 Å². The number of carboxylic acids is 1. The van der Waals surface area contributed by atoms with Crippen LogP contribution in [0.15, 0.2) is 12.2 Å². The Morgan fingerprint density at radius 3 is 2.92 bits per heavy atom. The summed E-state index contributed by atoms with van der Waals surface area (Å²) < 4.78 is 4.90. The summed E-state index contributed by atoms with van der Waals surface area (Å²) in [5, 5.41) is 11.4. The maximum atomic E-state index is 10.1. The largest absolute Gasteiger partial charge is 0.478 e. The van der Waals surface area contributed by atoms with Gasteiger partial charge in [-0.1, -0.05) is 6.08 Å². The second kappa shape index (κ2) is 7.76. The van der Waals surface area contributed by atoms with E-state index in [1.807, 2.05) is 6.92 Å². The van der Waals surface area contributed by atoms with Crippen molar-refractivity contribution < 1.29 is 14.6 Å². The van der Waals surface area contributed by atoms with E-state index < -0.39 is 5.97 Å². The number of carboxylic acid groups (broad SMARTS) is 1. The predicted molar refractivity (Wildman–Crippen MR) is 50.7 cm³/mol. The van der Waals surface area contributed by atoms with Gasteiger partial charge in [0.05, 0.1) is 0 Å². The van der Waals surface area contributed by atoms with Crippen molar-refractivity contribution >= 4 is 5.97 Å². The van der Waals surface area contributed by atoms with E-state index in [0.29, 0.717) is 12.6 Å². The highest BCUT2D eigenvalue weighted by Crippen LogP contribution is 1.89. The number of methoxy groups -OCH3 is 1. The Kier molecular flexibility index (Phi) is 7.24. The van der Waals surface area contributed by atoms with Crippen LogP contribution in [-0.2, 0) is 9.53 Å². The molecular weight excluding hydrogens is 170 g/mol. The SMILES string of the molecule is COCCC(C)NC/C=C/C(=O)O. The lowest BCUT2D eigenvalue weighted by Crippen LogP contribution is -2.27. The normalized spacial score (nSPS) is 13.4. The first-order valence-electron chi connectivity index (χ1n) is 4.28. The van der Waals surface area contributed by atoms with E-state index >= 15 is 0 Å². The van der Waals surface area contributed by atoms with E-state index in [0.717, 1.165) is 19.1 Å². The molecule has 1 unspecified atom stereocenters. The molecule has 0 aromatic heterocycles. The van der Waals surface area contributed by atoms with Crippen molar-refractivity contribution in [2.45, 2.75) is 19.4 Å². The van der Waals surface area contributed by atoms with Crippen molar-refractivity contribution in [2.24, 2.45) is 0 Å².